The lowest BCUT2D eigenvalue weighted by Crippen LogP contribution is -2.05. The molecule has 1 N–H and O–H groups in total. The molecule has 22 heavy (non-hydrogen) atoms. The first-order chi connectivity index (χ1) is 10.8. The van der Waals surface area contributed by atoms with E-state index in [1.165, 1.54) is 17.7 Å². The van der Waals surface area contributed by atoms with Crippen LogP contribution in [-0.4, -0.2) is 21.0 Å². The molecule has 3 heterocycles. The fraction of sp³-hybridized carbons (Fsp3) is 0.235. The van der Waals surface area contributed by atoms with Crippen LogP contribution in [0.1, 0.15) is 18.7 Å². The zero-order valence-electron chi connectivity index (χ0n) is 12.3. The molecule has 1 saturated carbocycles. The third kappa shape index (κ3) is 2.85. The normalized spacial score (nSPS) is 14.0. The number of hydrogen-bond acceptors (Lipinski definition) is 5. The molecule has 1 aliphatic carbocycles. The van der Waals surface area contributed by atoms with Gasteiger partial charge in [0.1, 0.15) is 11.6 Å². The van der Waals surface area contributed by atoms with Crippen molar-refractivity contribution in [2.24, 2.45) is 0 Å². The quantitative estimate of drug-likeness (QED) is 0.786. The third-order valence-electron chi connectivity index (χ3n) is 3.61. The molecule has 3 aromatic rings. The van der Waals surface area contributed by atoms with Crippen molar-refractivity contribution in [1.82, 2.24) is 15.0 Å². The highest BCUT2D eigenvalue weighted by molar-refractivity contribution is 7.13. The molecule has 0 unspecified atom stereocenters. The number of thiophene rings is 1. The Kier molecular flexibility index (Phi) is 3.35. The Bertz CT molecular complexity index is 794. The summed E-state index contributed by atoms with van der Waals surface area (Å²) in [5.41, 5.74) is 3.07. The number of hydrogen-bond donors (Lipinski definition) is 1. The standard InChI is InChI=1S/C17H16N4S/c1-11-19-15(8-17(20-11)21-14-4-5-14)12-7-13(10-18-9-12)16-3-2-6-22-16/h2-3,6-10,14H,4-5H2,1H3,(H,19,20,21). The fourth-order valence-corrected chi connectivity index (χ4v) is 3.09. The van der Waals surface area contributed by atoms with Gasteiger partial charge in [0, 0.05) is 40.5 Å². The van der Waals surface area contributed by atoms with Gasteiger partial charge < -0.3 is 5.32 Å². The maximum absolute atomic E-state index is 4.57. The van der Waals surface area contributed by atoms with Crippen molar-refractivity contribution in [3.8, 4) is 21.7 Å². The highest BCUT2D eigenvalue weighted by Gasteiger charge is 2.21. The molecule has 4 rings (SSSR count). The summed E-state index contributed by atoms with van der Waals surface area (Å²) in [6.45, 7) is 1.93. The largest absolute Gasteiger partial charge is 0.367 e. The van der Waals surface area contributed by atoms with Gasteiger partial charge in [-0.3, -0.25) is 4.98 Å². The Morgan fingerprint density at radius 3 is 2.77 bits per heavy atom. The molecule has 5 heteroatoms. The van der Waals surface area contributed by atoms with E-state index >= 15 is 0 Å². The van der Waals surface area contributed by atoms with E-state index in [0.717, 1.165) is 28.5 Å². The maximum Gasteiger partial charge on any atom is 0.130 e. The number of aromatic nitrogens is 3. The van der Waals surface area contributed by atoms with Crippen LogP contribution in [-0.2, 0) is 0 Å². The second-order valence-electron chi connectivity index (χ2n) is 5.54. The minimum Gasteiger partial charge on any atom is -0.367 e. The van der Waals surface area contributed by atoms with Gasteiger partial charge in [-0.25, -0.2) is 9.97 Å². The van der Waals surface area contributed by atoms with Gasteiger partial charge in [-0.2, -0.15) is 0 Å². The summed E-state index contributed by atoms with van der Waals surface area (Å²) in [5, 5.41) is 5.52. The third-order valence-corrected chi connectivity index (χ3v) is 4.53. The molecule has 0 bridgehead atoms. The van der Waals surface area contributed by atoms with Crippen molar-refractivity contribution in [3.05, 3.63) is 47.9 Å². The molecular weight excluding hydrogens is 292 g/mol. The summed E-state index contributed by atoms with van der Waals surface area (Å²) in [5.74, 6) is 1.69. The van der Waals surface area contributed by atoms with Gasteiger partial charge >= 0.3 is 0 Å². The van der Waals surface area contributed by atoms with Crippen LogP contribution in [0.5, 0.6) is 0 Å². The van der Waals surface area contributed by atoms with Gasteiger partial charge in [0.2, 0.25) is 0 Å². The average Bonchev–Trinajstić information content (AvgIpc) is 3.16. The van der Waals surface area contributed by atoms with Gasteiger partial charge in [0.25, 0.3) is 0 Å². The van der Waals surface area contributed by atoms with Crippen molar-refractivity contribution in [3.63, 3.8) is 0 Å². The number of nitrogens with zero attached hydrogens (tertiary/aromatic N) is 3. The van der Waals surface area contributed by atoms with E-state index < -0.39 is 0 Å². The highest BCUT2D eigenvalue weighted by atomic mass is 32.1. The fourth-order valence-electron chi connectivity index (χ4n) is 2.38. The van der Waals surface area contributed by atoms with Crippen LogP contribution in [0.25, 0.3) is 21.7 Å². The smallest absolute Gasteiger partial charge is 0.130 e. The first-order valence-electron chi connectivity index (χ1n) is 7.39. The van der Waals surface area contributed by atoms with Gasteiger partial charge in [0.15, 0.2) is 0 Å². The summed E-state index contributed by atoms with van der Waals surface area (Å²) in [7, 11) is 0. The topological polar surface area (TPSA) is 50.7 Å². The summed E-state index contributed by atoms with van der Waals surface area (Å²) in [4.78, 5) is 14.6. The monoisotopic (exact) mass is 308 g/mol. The molecule has 110 valence electrons. The van der Waals surface area contributed by atoms with Crippen molar-refractivity contribution in [2.75, 3.05) is 5.32 Å². The second-order valence-corrected chi connectivity index (χ2v) is 6.49. The SMILES string of the molecule is Cc1nc(NC2CC2)cc(-c2cncc(-c3cccs3)c2)n1. The number of pyridine rings is 1. The molecule has 0 amide bonds. The molecule has 4 nitrogen and oxygen atoms in total. The van der Waals surface area contributed by atoms with E-state index in [0.29, 0.717) is 6.04 Å². The summed E-state index contributed by atoms with van der Waals surface area (Å²) < 4.78 is 0. The van der Waals surface area contributed by atoms with Crippen molar-refractivity contribution < 1.29 is 0 Å². The summed E-state index contributed by atoms with van der Waals surface area (Å²) in [6, 6.07) is 8.90. The van der Waals surface area contributed by atoms with Crippen LogP contribution in [0.15, 0.2) is 42.0 Å². The van der Waals surface area contributed by atoms with Crippen molar-refractivity contribution in [1.29, 1.82) is 0 Å². The Hall–Kier alpha value is -2.27. The van der Waals surface area contributed by atoms with Gasteiger partial charge in [-0.05, 0) is 37.3 Å². The average molecular weight is 308 g/mol. The van der Waals surface area contributed by atoms with Gasteiger partial charge in [-0.15, -0.1) is 11.3 Å². The first kappa shape index (κ1) is 13.4. The number of rotatable bonds is 4. The molecule has 0 spiro atoms. The minimum atomic E-state index is 0.581. The van der Waals surface area contributed by atoms with Gasteiger partial charge in [-0.1, -0.05) is 6.07 Å². The van der Waals surface area contributed by atoms with Crippen LogP contribution < -0.4 is 5.32 Å². The van der Waals surface area contributed by atoms with E-state index in [9.17, 15) is 0 Å². The van der Waals surface area contributed by atoms with Crippen LogP contribution in [0.4, 0.5) is 5.82 Å². The molecule has 3 aromatic heterocycles. The van der Waals surface area contributed by atoms with E-state index in [1.54, 1.807) is 11.3 Å². The van der Waals surface area contributed by atoms with Crippen molar-refractivity contribution >= 4 is 17.2 Å². The predicted molar refractivity (Wildman–Crippen MR) is 90.0 cm³/mol. The molecule has 1 aliphatic rings. The first-order valence-corrected chi connectivity index (χ1v) is 8.27. The van der Waals surface area contributed by atoms with Crippen molar-refractivity contribution in [2.45, 2.75) is 25.8 Å². The number of nitrogens with one attached hydrogen (secondary N) is 1. The molecule has 0 saturated heterocycles. The van der Waals surface area contributed by atoms with E-state index in [1.807, 2.05) is 25.4 Å². The van der Waals surface area contributed by atoms with E-state index in [4.69, 9.17) is 0 Å². The van der Waals surface area contributed by atoms with E-state index in [-0.39, 0.29) is 0 Å². The Labute approximate surface area is 133 Å². The predicted octanol–water partition coefficient (Wildman–Crippen LogP) is 4.15. The summed E-state index contributed by atoms with van der Waals surface area (Å²) in [6.07, 6.45) is 6.22. The van der Waals surface area contributed by atoms with Crippen LogP contribution in [0.2, 0.25) is 0 Å². The summed E-state index contributed by atoms with van der Waals surface area (Å²) >= 11 is 1.72. The van der Waals surface area contributed by atoms with Gasteiger partial charge in [0.05, 0.1) is 5.69 Å². The lowest BCUT2D eigenvalue weighted by molar-refractivity contribution is 1.02. The lowest BCUT2D eigenvalue weighted by atomic mass is 10.1. The molecular formula is C17H16N4S. The Morgan fingerprint density at radius 2 is 2.00 bits per heavy atom. The van der Waals surface area contributed by atoms with Crippen LogP contribution in [0, 0.1) is 6.92 Å². The lowest BCUT2D eigenvalue weighted by Gasteiger charge is -2.08. The highest BCUT2D eigenvalue weighted by Crippen LogP contribution is 2.29. The van der Waals surface area contributed by atoms with Crippen LogP contribution in [0.3, 0.4) is 0 Å². The minimum absolute atomic E-state index is 0.581. The molecule has 0 aromatic carbocycles. The molecule has 1 fully saturated rings. The Morgan fingerprint density at radius 1 is 1.14 bits per heavy atom. The molecule has 0 aliphatic heterocycles. The molecule has 0 radical (unpaired) electrons. The zero-order valence-corrected chi connectivity index (χ0v) is 13.1. The van der Waals surface area contributed by atoms with E-state index in [2.05, 4.69) is 43.8 Å². The number of aryl methyl sites for hydroxylation is 1. The van der Waals surface area contributed by atoms with Crippen LogP contribution >= 0.6 is 11.3 Å². The Balaban J connectivity index is 1.71. The zero-order chi connectivity index (χ0) is 14.9. The number of anilines is 1. The molecule has 0 atom stereocenters. The second kappa shape index (κ2) is 5.50. The maximum atomic E-state index is 4.57.